The second-order valence-electron chi connectivity index (χ2n) is 4.27. The maximum atomic E-state index is 5.83. The van der Waals surface area contributed by atoms with Crippen LogP contribution in [0.25, 0.3) is 0 Å². The van der Waals surface area contributed by atoms with Gasteiger partial charge in [-0.3, -0.25) is 0 Å². The first-order chi connectivity index (χ1) is 8.60. The summed E-state index contributed by atoms with van der Waals surface area (Å²) in [5.74, 6) is 2.18. The Morgan fingerprint density at radius 1 is 0.944 bits per heavy atom. The molecule has 0 aliphatic rings. The third-order valence-electron chi connectivity index (χ3n) is 2.76. The van der Waals surface area contributed by atoms with Gasteiger partial charge in [0.2, 0.25) is 0 Å². The van der Waals surface area contributed by atoms with E-state index in [9.17, 15) is 0 Å². The van der Waals surface area contributed by atoms with E-state index in [0.29, 0.717) is 17.2 Å². The molecule has 94 valence electrons. The average Bonchev–Trinajstić information content (AvgIpc) is 2.35. The number of anilines is 1. The van der Waals surface area contributed by atoms with E-state index < -0.39 is 0 Å². The van der Waals surface area contributed by atoms with Crippen molar-refractivity contribution >= 4 is 5.69 Å². The number of hydrogen-bond acceptors (Lipinski definition) is 3. The van der Waals surface area contributed by atoms with E-state index in [1.165, 1.54) is 5.56 Å². The maximum Gasteiger partial charge on any atom is 0.145 e. The number of nitrogen functional groups attached to an aromatic ring is 1. The van der Waals surface area contributed by atoms with Crippen molar-refractivity contribution in [3.8, 4) is 17.2 Å². The number of ether oxygens (including phenoxy) is 2. The first-order valence-corrected chi connectivity index (χ1v) is 5.79. The van der Waals surface area contributed by atoms with Crippen LogP contribution >= 0.6 is 0 Å². The molecule has 0 saturated heterocycles. The van der Waals surface area contributed by atoms with Gasteiger partial charge in [0.25, 0.3) is 0 Å². The summed E-state index contributed by atoms with van der Waals surface area (Å²) in [5, 5.41) is 0. The van der Waals surface area contributed by atoms with Crippen molar-refractivity contribution in [1.29, 1.82) is 0 Å². The second-order valence-corrected chi connectivity index (χ2v) is 4.27. The van der Waals surface area contributed by atoms with Gasteiger partial charge >= 0.3 is 0 Å². The zero-order chi connectivity index (χ0) is 13.1. The van der Waals surface area contributed by atoms with Crippen molar-refractivity contribution in [2.45, 2.75) is 13.8 Å². The molecule has 0 bridgehead atoms. The molecule has 0 saturated carbocycles. The molecule has 0 aliphatic heterocycles. The molecule has 2 aromatic carbocycles. The summed E-state index contributed by atoms with van der Waals surface area (Å²) in [6, 6.07) is 11.5. The lowest BCUT2D eigenvalue weighted by Crippen LogP contribution is -1.94. The summed E-state index contributed by atoms with van der Waals surface area (Å²) in [7, 11) is 1.59. The highest BCUT2D eigenvalue weighted by atomic mass is 16.5. The van der Waals surface area contributed by atoms with Gasteiger partial charge in [0, 0.05) is 6.07 Å². The van der Waals surface area contributed by atoms with Gasteiger partial charge in [-0.05, 0) is 37.6 Å². The Hall–Kier alpha value is -2.16. The number of nitrogens with two attached hydrogens (primary N) is 1. The summed E-state index contributed by atoms with van der Waals surface area (Å²) in [5.41, 5.74) is 8.68. The monoisotopic (exact) mass is 243 g/mol. The highest BCUT2D eigenvalue weighted by molar-refractivity contribution is 5.56. The minimum Gasteiger partial charge on any atom is -0.494 e. The lowest BCUT2D eigenvalue weighted by Gasteiger charge is -2.11. The van der Waals surface area contributed by atoms with E-state index in [1.807, 2.05) is 25.1 Å². The quantitative estimate of drug-likeness (QED) is 0.836. The van der Waals surface area contributed by atoms with Crippen molar-refractivity contribution in [3.63, 3.8) is 0 Å². The zero-order valence-corrected chi connectivity index (χ0v) is 10.9. The first-order valence-electron chi connectivity index (χ1n) is 5.79. The molecule has 0 fully saturated rings. The summed E-state index contributed by atoms with van der Waals surface area (Å²) < 4.78 is 11.0. The Labute approximate surface area is 107 Å². The van der Waals surface area contributed by atoms with Gasteiger partial charge in [-0.1, -0.05) is 17.7 Å². The Kier molecular flexibility index (Phi) is 3.42. The average molecular weight is 243 g/mol. The maximum absolute atomic E-state index is 5.83. The van der Waals surface area contributed by atoms with Gasteiger partial charge < -0.3 is 15.2 Å². The fourth-order valence-electron chi connectivity index (χ4n) is 1.80. The van der Waals surface area contributed by atoms with Crippen molar-refractivity contribution in [2.75, 3.05) is 12.8 Å². The molecular formula is C15H17NO2. The Balaban J connectivity index is 2.28. The van der Waals surface area contributed by atoms with Crippen LogP contribution in [-0.4, -0.2) is 7.11 Å². The van der Waals surface area contributed by atoms with E-state index in [2.05, 4.69) is 13.0 Å². The number of methoxy groups -OCH3 is 1. The fourth-order valence-corrected chi connectivity index (χ4v) is 1.80. The van der Waals surface area contributed by atoms with Crippen molar-refractivity contribution in [3.05, 3.63) is 47.5 Å². The molecule has 2 aromatic rings. The van der Waals surface area contributed by atoms with Crippen LogP contribution in [0.5, 0.6) is 17.2 Å². The molecule has 0 amide bonds. The number of aryl methyl sites for hydroxylation is 2. The topological polar surface area (TPSA) is 44.5 Å². The number of hydrogen-bond donors (Lipinski definition) is 1. The number of benzene rings is 2. The van der Waals surface area contributed by atoms with Gasteiger partial charge in [0.05, 0.1) is 12.8 Å². The van der Waals surface area contributed by atoms with Gasteiger partial charge in [-0.25, -0.2) is 0 Å². The lowest BCUT2D eigenvalue weighted by molar-refractivity contribution is 0.411. The molecule has 0 aromatic heterocycles. The normalized spacial score (nSPS) is 10.2. The van der Waals surface area contributed by atoms with Gasteiger partial charge in [0.1, 0.15) is 17.2 Å². The number of rotatable bonds is 3. The van der Waals surface area contributed by atoms with Crippen molar-refractivity contribution in [2.24, 2.45) is 0 Å². The summed E-state index contributed by atoms with van der Waals surface area (Å²) in [6.07, 6.45) is 0. The molecule has 0 spiro atoms. The summed E-state index contributed by atoms with van der Waals surface area (Å²) >= 11 is 0. The van der Waals surface area contributed by atoms with Crippen LogP contribution in [0.3, 0.4) is 0 Å². The largest absolute Gasteiger partial charge is 0.494 e. The minimum atomic E-state index is 0.602. The van der Waals surface area contributed by atoms with Crippen molar-refractivity contribution in [1.82, 2.24) is 0 Å². The van der Waals surface area contributed by atoms with Gasteiger partial charge in [0.15, 0.2) is 0 Å². The highest BCUT2D eigenvalue weighted by Gasteiger charge is 2.05. The molecule has 0 radical (unpaired) electrons. The predicted molar refractivity (Wildman–Crippen MR) is 73.4 cm³/mol. The molecular weight excluding hydrogens is 226 g/mol. The molecule has 0 aliphatic carbocycles. The summed E-state index contributed by atoms with van der Waals surface area (Å²) in [4.78, 5) is 0. The first kappa shape index (κ1) is 12.3. The molecule has 3 heteroatoms. The Morgan fingerprint density at radius 2 is 1.72 bits per heavy atom. The molecule has 3 nitrogen and oxygen atoms in total. The predicted octanol–water partition coefficient (Wildman–Crippen LogP) is 3.69. The third-order valence-corrected chi connectivity index (χ3v) is 2.76. The van der Waals surface area contributed by atoms with E-state index in [4.69, 9.17) is 15.2 Å². The lowest BCUT2D eigenvalue weighted by atomic mass is 10.1. The van der Waals surface area contributed by atoms with E-state index >= 15 is 0 Å². The molecule has 18 heavy (non-hydrogen) atoms. The minimum absolute atomic E-state index is 0.602. The zero-order valence-electron chi connectivity index (χ0n) is 10.9. The van der Waals surface area contributed by atoms with Gasteiger partial charge in [-0.15, -0.1) is 0 Å². The molecule has 2 rings (SSSR count). The van der Waals surface area contributed by atoms with Crippen LogP contribution < -0.4 is 15.2 Å². The molecule has 0 heterocycles. The molecule has 0 atom stereocenters. The van der Waals surface area contributed by atoms with Crippen LogP contribution in [0.1, 0.15) is 11.1 Å². The smallest absolute Gasteiger partial charge is 0.145 e. The molecule has 0 unspecified atom stereocenters. The van der Waals surface area contributed by atoms with Crippen LogP contribution in [-0.2, 0) is 0 Å². The van der Waals surface area contributed by atoms with E-state index in [-0.39, 0.29) is 0 Å². The van der Waals surface area contributed by atoms with Crippen molar-refractivity contribution < 1.29 is 9.47 Å². The fraction of sp³-hybridized carbons (Fsp3) is 0.200. The van der Waals surface area contributed by atoms with Crippen LogP contribution in [0.4, 0.5) is 5.69 Å². The van der Waals surface area contributed by atoms with Crippen LogP contribution in [0.2, 0.25) is 0 Å². The van der Waals surface area contributed by atoms with Crippen LogP contribution in [0, 0.1) is 13.8 Å². The van der Waals surface area contributed by atoms with Crippen LogP contribution in [0.15, 0.2) is 36.4 Å². The Morgan fingerprint density at radius 3 is 2.39 bits per heavy atom. The van der Waals surface area contributed by atoms with E-state index in [0.717, 1.165) is 11.3 Å². The van der Waals surface area contributed by atoms with E-state index in [1.54, 1.807) is 19.2 Å². The third kappa shape index (κ3) is 2.56. The highest BCUT2D eigenvalue weighted by Crippen LogP contribution is 2.31. The Bertz CT molecular complexity index is 564. The summed E-state index contributed by atoms with van der Waals surface area (Å²) in [6.45, 7) is 4.08. The second kappa shape index (κ2) is 5.00. The SMILES string of the molecule is COc1cc(Oc2ccc(C)cc2C)ccc1N. The van der Waals surface area contributed by atoms with Gasteiger partial charge in [-0.2, -0.15) is 0 Å². The molecule has 2 N–H and O–H groups in total. The standard InChI is InChI=1S/C15H17NO2/c1-10-4-7-14(11(2)8-10)18-12-5-6-13(16)15(9-12)17-3/h4-9H,16H2,1-3H3.